The number of hydrogen-bond acceptors (Lipinski definition) is 4. The summed E-state index contributed by atoms with van der Waals surface area (Å²) in [4.78, 5) is 14.7. The fourth-order valence-electron chi connectivity index (χ4n) is 4.64. The first-order chi connectivity index (χ1) is 14.1. The molecule has 0 saturated heterocycles. The number of carbonyl (C=O) groups excluding carboxylic acids is 1. The summed E-state index contributed by atoms with van der Waals surface area (Å²) in [7, 11) is 1.57. The number of phenolic OH excluding ortho intramolecular Hbond substituents is 1. The molecule has 1 amide bonds. The second kappa shape index (κ2) is 7.82. The van der Waals surface area contributed by atoms with Crippen molar-refractivity contribution in [3.05, 3.63) is 65.2 Å². The van der Waals surface area contributed by atoms with Crippen LogP contribution < -0.4 is 10.1 Å². The number of methoxy groups -OCH3 is 1. The minimum Gasteiger partial charge on any atom is -0.504 e. The predicted molar refractivity (Wildman–Crippen MR) is 115 cm³/mol. The van der Waals surface area contributed by atoms with Crippen LogP contribution in [0.5, 0.6) is 11.5 Å². The van der Waals surface area contributed by atoms with Gasteiger partial charge in [0.05, 0.1) is 13.2 Å². The minimum absolute atomic E-state index is 0.0849. The molecule has 0 aromatic heterocycles. The summed E-state index contributed by atoms with van der Waals surface area (Å²) in [5.41, 5.74) is 4.08. The molecular formula is C24H28N2O3. The van der Waals surface area contributed by atoms with E-state index in [-0.39, 0.29) is 23.6 Å². The molecule has 0 bridgehead atoms. The standard InChI is InChI=1S/C24H28N2O3/c1-4-26(5-2)24(28)16-9-11-20-19(13-16)17-7-6-8-18(17)23(25-20)15-10-12-21(27)22(14-15)29-3/h6-7,9-14,17-18,23,25,27H,4-5,8H2,1-3H3. The van der Waals surface area contributed by atoms with Crippen LogP contribution >= 0.6 is 0 Å². The van der Waals surface area contributed by atoms with Gasteiger partial charge in [-0.3, -0.25) is 4.79 Å². The Morgan fingerprint density at radius 2 is 2.00 bits per heavy atom. The van der Waals surface area contributed by atoms with Gasteiger partial charge in [-0.1, -0.05) is 18.2 Å². The molecule has 0 saturated carbocycles. The second-order valence-corrected chi connectivity index (χ2v) is 7.69. The zero-order valence-corrected chi connectivity index (χ0v) is 17.2. The molecule has 1 aliphatic heterocycles. The zero-order valence-electron chi connectivity index (χ0n) is 17.2. The Balaban J connectivity index is 1.70. The first kappa shape index (κ1) is 19.4. The van der Waals surface area contributed by atoms with Gasteiger partial charge in [-0.2, -0.15) is 0 Å². The molecule has 5 nitrogen and oxygen atoms in total. The predicted octanol–water partition coefficient (Wildman–Crippen LogP) is 4.71. The average molecular weight is 392 g/mol. The molecule has 0 radical (unpaired) electrons. The van der Waals surface area contributed by atoms with Gasteiger partial charge in [0.2, 0.25) is 0 Å². The molecule has 2 N–H and O–H groups in total. The van der Waals surface area contributed by atoms with Crippen LogP contribution in [0, 0.1) is 5.92 Å². The summed E-state index contributed by atoms with van der Waals surface area (Å²) in [6, 6.07) is 11.7. The largest absolute Gasteiger partial charge is 0.504 e. The van der Waals surface area contributed by atoms with Gasteiger partial charge in [0.1, 0.15) is 0 Å². The number of nitrogens with one attached hydrogen (secondary N) is 1. The molecule has 29 heavy (non-hydrogen) atoms. The van der Waals surface area contributed by atoms with E-state index < -0.39 is 0 Å². The SMILES string of the molecule is CCN(CC)C(=O)c1ccc2c(c1)C1C=CCC1C(c1ccc(O)c(OC)c1)N2. The fraction of sp³-hybridized carbons (Fsp3) is 0.375. The third kappa shape index (κ3) is 3.35. The Hall–Kier alpha value is -2.95. The van der Waals surface area contributed by atoms with Crippen molar-refractivity contribution in [2.75, 3.05) is 25.5 Å². The first-order valence-corrected chi connectivity index (χ1v) is 10.3. The normalized spacial score (nSPS) is 21.8. The number of rotatable bonds is 5. The molecule has 2 aliphatic rings. The highest BCUT2D eigenvalue weighted by Crippen LogP contribution is 2.50. The lowest BCUT2D eigenvalue weighted by atomic mass is 9.76. The molecule has 0 fully saturated rings. The first-order valence-electron chi connectivity index (χ1n) is 10.3. The lowest BCUT2D eigenvalue weighted by molar-refractivity contribution is 0.0773. The molecule has 152 valence electrons. The van der Waals surface area contributed by atoms with Gasteiger partial charge in [0.15, 0.2) is 11.5 Å². The average Bonchev–Trinajstić information content (AvgIpc) is 3.24. The Labute approximate surface area is 172 Å². The van der Waals surface area contributed by atoms with Crippen molar-refractivity contribution < 1.29 is 14.6 Å². The third-order valence-corrected chi connectivity index (χ3v) is 6.22. The molecule has 2 aromatic carbocycles. The van der Waals surface area contributed by atoms with Crippen molar-refractivity contribution in [3.63, 3.8) is 0 Å². The highest BCUT2D eigenvalue weighted by Gasteiger charge is 2.38. The van der Waals surface area contributed by atoms with Crippen molar-refractivity contribution in [1.82, 2.24) is 4.90 Å². The van der Waals surface area contributed by atoms with E-state index in [4.69, 9.17) is 4.74 Å². The number of nitrogens with zero attached hydrogens (tertiary/aromatic N) is 1. The van der Waals surface area contributed by atoms with E-state index in [1.54, 1.807) is 13.2 Å². The lowest BCUT2D eigenvalue weighted by Crippen LogP contribution is -2.32. The molecule has 3 unspecified atom stereocenters. The van der Waals surface area contributed by atoms with Crippen LogP contribution in [-0.2, 0) is 0 Å². The van der Waals surface area contributed by atoms with Crippen molar-refractivity contribution in [2.24, 2.45) is 5.92 Å². The molecule has 1 aliphatic carbocycles. The van der Waals surface area contributed by atoms with Crippen LogP contribution in [0.25, 0.3) is 0 Å². The van der Waals surface area contributed by atoms with Gasteiger partial charge >= 0.3 is 0 Å². The molecule has 0 spiro atoms. The number of amides is 1. The maximum Gasteiger partial charge on any atom is 0.253 e. The molecule has 5 heteroatoms. The zero-order chi connectivity index (χ0) is 20.5. The Bertz CT molecular complexity index is 949. The van der Waals surface area contributed by atoms with Crippen molar-refractivity contribution in [3.8, 4) is 11.5 Å². The van der Waals surface area contributed by atoms with Crippen LogP contribution in [0.1, 0.15) is 53.7 Å². The number of fused-ring (bicyclic) bond motifs is 3. The summed E-state index contributed by atoms with van der Waals surface area (Å²) in [5.74, 6) is 1.34. The number of phenols is 1. The molecule has 2 aromatic rings. The number of benzene rings is 2. The fourth-order valence-corrected chi connectivity index (χ4v) is 4.64. The van der Waals surface area contributed by atoms with Crippen LogP contribution in [0.2, 0.25) is 0 Å². The number of carbonyl (C=O) groups is 1. The van der Waals surface area contributed by atoms with Gasteiger partial charge < -0.3 is 20.1 Å². The summed E-state index contributed by atoms with van der Waals surface area (Å²) in [5, 5.41) is 13.6. The van der Waals surface area contributed by atoms with E-state index in [9.17, 15) is 9.90 Å². The number of hydrogen-bond donors (Lipinski definition) is 2. The Morgan fingerprint density at radius 3 is 2.72 bits per heavy atom. The van der Waals surface area contributed by atoms with Gasteiger partial charge in [0, 0.05) is 30.3 Å². The molecule has 4 rings (SSSR count). The van der Waals surface area contributed by atoms with E-state index >= 15 is 0 Å². The minimum atomic E-state index is 0.0849. The summed E-state index contributed by atoms with van der Waals surface area (Å²) in [6.45, 7) is 5.43. The van der Waals surface area contributed by atoms with Gasteiger partial charge in [-0.25, -0.2) is 0 Å². The molecule has 3 atom stereocenters. The highest BCUT2D eigenvalue weighted by atomic mass is 16.5. The highest BCUT2D eigenvalue weighted by molar-refractivity contribution is 5.95. The molecular weight excluding hydrogens is 364 g/mol. The van der Waals surface area contributed by atoms with Crippen LogP contribution in [0.15, 0.2) is 48.6 Å². The number of anilines is 1. The van der Waals surface area contributed by atoms with E-state index in [2.05, 4.69) is 23.5 Å². The smallest absolute Gasteiger partial charge is 0.253 e. The number of ether oxygens (including phenoxy) is 1. The maximum absolute atomic E-state index is 12.8. The summed E-state index contributed by atoms with van der Waals surface area (Å²) in [6.07, 6.45) is 5.47. The van der Waals surface area contributed by atoms with Gasteiger partial charge in [-0.05, 0) is 67.6 Å². The van der Waals surface area contributed by atoms with Gasteiger partial charge in [0.25, 0.3) is 5.91 Å². The Morgan fingerprint density at radius 1 is 1.21 bits per heavy atom. The van der Waals surface area contributed by atoms with Crippen LogP contribution in [0.3, 0.4) is 0 Å². The van der Waals surface area contributed by atoms with Crippen molar-refractivity contribution in [2.45, 2.75) is 32.2 Å². The number of aromatic hydroxyl groups is 1. The number of allylic oxidation sites excluding steroid dienone is 2. The quantitative estimate of drug-likeness (QED) is 0.724. The van der Waals surface area contributed by atoms with E-state index in [1.165, 1.54) is 5.56 Å². The molecule has 1 heterocycles. The van der Waals surface area contributed by atoms with E-state index in [1.807, 2.05) is 43.0 Å². The summed E-state index contributed by atoms with van der Waals surface area (Å²) < 4.78 is 5.31. The van der Waals surface area contributed by atoms with Crippen LogP contribution in [-0.4, -0.2) is 36.1 Å². The topological polar surface area (TPSA) is 61.8 Å². The van der Waals surface area contributed by atoms with E-state index in [0.717, 1.165) is 23.2 Å². The Kier molecular flexibility index (Phi) is 5.22. The maximum atomic E-state index is 12.8. The van der Waals surface area contributed by atoms with Crippen molar-refractivity contribution >= 4 is 11.6 Å². The summed E-state index contributed by atoms with van der Waals surface area (Å²) >= 11 is 0. The lowest BCUT2D eigenvalue weighted by Gasteiger charge is -2.38. The van der Waals surface area contributed by atoms with Gasteiger partial charge in [-0.15, -0.1) is 0 Å². The van der Waals surface area contributed by atoms with Crippen LogP contribution in [0.4, 0.5) is 5.69 Å². The second-order valence-electron chi connectivity index (χ2n) is 7.69. The monoisotopic (exact) mass is 392 g/mol. The third-order valence-electron chi connectivity index (χ3n) is 6.22. The van der Waals surface area contributed by atoms with Crippen molar-refractivity contribution in [1.29, 1.82) is 0 Å². The van der Waals surface area contributed by atoms with E-state index in [0.29, 0.717) is 24.8 Å².